The first kappa shape index (κ1) is 22.0. The van der Waals surface area contributed by atoms with Gasteiger partial charge < -0.3 is 10.6 Å². The molecule has 166 valence electrons. The predicted molar refractivity (Wildman–Crippen MR) is 127 cm³/mol. The van der Waals surface area contributed by atoms with Crippen LogP contribution in [0.2, 0.25) is 0 Å². The van der Waals surface area contributed by atoms with Crippen LogP contribution in [0.1, 0.15) is 30.7 Å². The van der Waals surface area contributed by atoms with Crippen molar-refractivity contribution in [2.75, 3.05) is 10.6 Å². The van der Waals surface area contributed by atoms with E-state index in [4.69, 9.17) is 0 Å². The minimum atomic E-state index is -0.411. The number of carbonyl (C=O) groups is 3. The first-order valence-electron chi connectivity index (χ1n) is 10.7. The monoisotopic (exact) mass is 440 g/mol. The number of aryl methyl sites for hydroxylation is 1. The standard InChI is InChI=1S/C26H24N4O3/c1-3-18-7-11-21(12-8-18)29-24-23(19-9-13-20(14-10-19)28-17(2)31)25(32)30(26(24)33)16-22-6-4-5-15-27-22/h4-15,29H,3,16H2,1-2H3,(H,28,31). The van der Waals surface area contributed by atoms with E-state index < -0.39 is 11.8 Å². The third-order valence-electron chi connectivity index (χ3n) is 5.34. The number of hydrogen-bond donors (Lipinski definition) is 2. The molecule has 3 amide bonds. The molecule has 0 spiro atoms. The summed E-state index contributed by atoms with van der Waals surface area (Å²) in [7, 11) is 0. The Morgan fingerprint density at radius 1 is 0.909 bits per heavy atom. The lowest BCUT2D eigenvalue weighted by Crippen LogP contribution is -2.32. The summed E-state index contributed by atoms with van der Waals surface area (Å²) < 4.78 is 0. The number of hydrogen-bond acceptors (Lipinski definition) is 5. The van der Waals surface area contributed by atoms with Crippen molar-refractivity contribution in [2.24, 2.45) is 0 Å². The van der Waals surface area contributed by atoms with Crippen molar-refractivity contribution < 1.29 is 14.4 Å². The third kappa shape index (κ3) is 4.82. The summed E-state index contributed by atoms with van der Waals surface area (Å²) in [6.07, 6.45) is 2.54. The average molecular weight is 441 g/mol. The van der Waals surface area contributed by atoms with Gasteiger partial charge >= 0.3 is 0 Å². The highest BCUT2D eigenvalue weighted by atomic mass is 16.2. The molecular weight excluding hydrogens is 416 g/mol. The van der Waals surface area contributed by atoms with Gasteiger partial charge in [0.2, 0.25) is 5.91 Å². The molecule has 3 aromatic rings. The summed E-state index contributed by atoms with van der Waals surface area (Å²) in [5.74, 6) is -0.995. The Hall–Kier alpha value is -4.26. The highest BCUT2D eigenvalue weighted by molar-refractivity contribution is 6.36. The second-order valence-corrected chi connectivity index (χ2v) is 7.70. The van der Waals surface area contributed by atoms with Crippen LogP contribution in [0.3, 0.4) is 0 Å². The van der Waals surface area contributed by atoms with Crippen LogP contribution in [0, 0.1) is 0 Å². The lowest BCUT2D eigenvalue weighted by atomic mass is 10.0. The molecule has 7 nitrogen and oxygen atoms in total. The summed E-state index contributed by atoms with van der Waals surface area (Å²) in [6.45, 7) is 3.57. The van der Waals surface area contributed by atoms with Gasteiger partial charge in [0.15, 0.2) is 0 Å². The van der Waals surface area contributed by atoms with Crippen molar-refractivity contribution in [1.29, 1.82) is 0 Å². The number of rotatable bonds is 7. The van der Waals surface area contributed by atoms with E-state index in [2.05, 4.69) is 22.5 Å². The molecule has 0 aliphatic carbocycles. The molecule has 0 fully saturated rings. The molecule has 1 aliphatic rings. The first-order valence-corrected chi connectivity index (χ1v) is 10.7. The number of carbonyl (C=O) groups excluding carboxylic acids is 3. The van der Waals surface area contributed by atoms with Gasteiger partial charge in [-0.25, -0.2) is 0 Å². The molecule has 0 atom stereocenters. The van der Waals surface area contributed by atoms with E-state index in [1.165, 1.54) is 17.4 Å². The smallest absolute Gasteiger partial charge is 0.278 e. The van der Waals surface area contributed by atoms with Crippen LogP contribution in [-0.4, -0.2) is 27.6 Å². The zero-order valence-corrected chi connectivity index (χ0v) is 18.5. The topological polar surface area (TPSA) is 91.4 Å². The number of pyridine rings is 1. The highest BCUT2D eigenvalue weighted by Crippen LogP contribution is 2.32. The Labute approximate surface area is 192 Å². The van der Waals surface area contributed by atoms with Gasteiger partial charge in [-0.2, -0.15) is 0 Å². The van der Waals surface area contributed by atoms with Crippen LogP contribution >= 0.6 is 0 Å². The Bertz CT molecular complexity index is 1220. The van der Waals surface area contributed by atoms with Crippen LogP contribution in [0.4, 0.5) is 11.4 Å². The third-order valence-corrected chi connectivity index (χ3v) is 5.34. The van der Waals surface area contributed by atoms with E-state index in [0.29, 0.717) is 16.9 Å². The Kier molecular flexibility index (Phi) is 6.31. The fraction of sp³-hybridized carbons (Fsp3) is 0.154. The maximum absolute atomic E-state index is 13.4. The van der Waals surface area contributed by atoms with Gasteiger partial charge in [0.1, 0.15) is 5.70 Å². The predicted octanol–water partition coefficient (Wildman–Crippen LogP) is 3.99. The van der Waals surface area contributed by atoms with Gasteiger partial charge in [-0.05, 0) is 53.9 Å². The van der Waals surface area contributed by atoms with Crippen LogP contribution in [0.25, 0.3) is 5.57 Å². The van der Waals surface area contributed by atoms with Crippen LogP contribution in [-0.2, 0) is 27.3 Å². The van der Waals surface area contributed by atoms with E-state index in [1.54, 1.807) is 42.6 Å². The Morgan fingerprint density at radius 2 is 1.61 bits per heavy atom. The fourth-order valence-electron chi connectivity index (χ4n) is 3.65. The van der Waals surface area contributed by atoms with Crippen molar-refractivity contribution in [3.05, 3.63) is 95.4 Å². The molecule has 1 aliphatic heterocycles. The molecule has 2 N–H and O–H groups in total. The summed E-state index contributed by atoms with van der Waals surface area (Å²) in [6, 6.07) is 20.0. The van der Waals surface area contributed by atoms with Crippen molar-refractivity contribution in [3.63, 3.8) is 0 Å². The molecule has 7 heteroatoms. The van der Waals surface area contributed by atoms with Gasteiger partial charge in [0, 0.05) is 24.5 Å². The van der Waals surface area contributed by atoms with E-state index in [1.807, 2.05) is 30.3 Å². The van der Waals surface area contributed by atoms with Gasteiger partial charge in [-0.1, -0.05) is 37.3 Å². The highest BCUT2D eigenvalue weighted by Gasteiger charge is 2.39. The van der Waals surface area contributed by atoms with Crippen LogP contribution in [0.5, 0.6) is 0 Å². The zero-order valence-electron chi connectivity index (χ0n) is 18.5. The van der Waals surface area contributed by atoms with Gasteiger partial charge in [0.25, 0.3) is 11.8 Å². The molecule has 4 rings (SSSR count). The minimum absolute atomic E-state index is 0.0753. The lowest BCUT2D eigenvalue weighted by Gasteiger charge is -2.15. The SMILES string of the molecule is CCc1ccc(NC2=C(c3ccc(NC(C)=O)cc3)C(=O)N(Cc3ccccn3)C2=O)cc1. The number of amides is 3. The molecule has 0 saturated carbocycles. The van der Waals surface area contributed by atoms with Crippen molar-refractivity contribution >= 4 is 34.7 Å². The van der Waals surface area contributed by atoms with Crippen LogP contribution in [0.15, 0.2) is 78.6 Å². The molecule has 2 heterocycles. The summed E-state index contributed by atoms with van der Waals surface area (Å²) >= 11 is 0. The van der Waals surface area contributed by atoms with Crippen LogP contribution < -0.4 is 10.6 Å². The summed E-state index contributed by atoms with van der Waals surface area (Å²) in [5, 5.41) is 5.87. The molecule has 2 aromatic carbocycles. The molecule has 33 heavy (non-hydrogen) atoms. The first-order chi connectivity index (χ1) is 16.0. The number of anilines is 2. The maximum atomic E-state index is 13.4. The van der Waals surface area contributed by atoms with Gasteiger partial charge in [-0.15, -0.1) is 0 Å². The minimum Gasteiger partial charge on any atom is -0.350 e. The fourth-order valence-corrected chi connectivity index (χ4v) is 3.65. The zero-order chi connectivity index (χ0) is 23.4. The Morgan fingerprint density at radius 3 is 2.21 bits per heavy atom. The maximum Gasteiger partial charge on any atom is 0.278 e. The number of benzene rings is 2. The molecule has 1 aromatic heterocycles. The van der Waals surface area contributed by atoms with Crippen molar-refractivity contribution in [3.8, 4) is 0 Å². The molecular formula is C26H24N4O3. The molecule has 0 bridgehead atoms. The van der Waals surface area contributed by atoms with E-state index >= 15 is 0 Å². The Balaban J connectivity index is 1.70. The molecule has 0 saturated heterocycles. The van der Waals surface area contributed by atoms with Crippen molar-refractivity contribution in [2.45, 2.75) is 26.8 Å². The number of nitrogens with one attached hydrogen (secondary N) is 2. The van der Waals surface area contributed by atoms with Gasteiger partial charge in [0.05, 0.1) is 17.8 Å². The van der Waals surface area contributed by atoms with E-state index in [0.717, 1.165) is 12.1 Å². The quantitative estimate of drug-likeness (QED) is 0.542. The van der Waals surface area contributed by atoms with E-state index in [-0.39, 0.29) is 23.7 Å². The van der Waals surface area contributed by atoms with E-state index in [9.17, 15) is 14.4 Å². The number of imide groups is 1. The molecule has 0 unspecified atom stereocenters. The normalized spacial score (nSPS) is 13.5. The lowest BCUT2D eigenvalue weighted by molar-refractivity contribution is -0.137. The average Bonchev–Trinajstić information content (AvgIpc) is 3.05. The largest absolute Gasteiger partial charge is 0.350 e. The summed E-state index contributed by atoms with van der Waals surface area (Å²) in [4.78, 5) is 43.5. The second kappa shape index (κ2) is 9.48. The summed E-state index contributed by atoms with van der Waals surface area (Å²) in [5.41, 5.74) is 4.20. The second-order valence-electron chi connectivity index (χ2n) is 7.70. The van der Waals surface area contributed by atoms with Crippen molar-refractivity contribution in [1.82, 2.24) is 9.88 Å². The number of nitrogens with zero attached hydrogens (tertiary/aromatic N) is 2. The molecule has 0 radical (unpaired) electrons. The van der Waals surface area contributed by atoms with Gasteiger partial charge in [-0.3, -0.25) is 24.3 Å². The number of aromatic nitrogens is 1.